The number of carbonyl (C=O) groups is 1. The summed E-state index contributed by atoms with van der Waals surface area (Å²) in [5, 5.41) is 16.1. The van der Waals surface area contributed by atoms with Crippen LogP contribution in [0, 0.1) is 24.0 Å². The maximum Gasteiger partial charge on any atom is 0.293 e. The fourth-order valence-corrected chi connectivity index (χ4v) is 4.19. The third kappa shape index (κ3) is 3.72. The smallest absolute Gasteiger partial charge is 0.293 e. The summed E-state index contributed by atoms with van der Waals surface area (Å²) >= 11 is 1.70. The average Bonchev–Trinajstić information content (AvgIpc) is 3.22. The van der Waals surface area contributed by atoms with E-state index in [2.05, 4.69) is 16.3 Å². The van der Waals surface area contributed by atoms with E-state index >= 15 is 0 Å². The molecule has 0 radical (unpaired) electrons. The van der Waals surface area contributed by atoms with Crippen molar-refractivity contribution in [2.24, 2.45) is 0 Å². The Labute approximate surface area is 150 Å². The number of anilines is 1. The lowest BCUT2D eigenvalue weighted by atomic mass is 10.1. The molecular weight excluding hydrogens is 338 g/mol. The van der Waals surface area contributed by atoms with Gasteiger partial charge in [0.1, 0.15) is 5.69 Å². The van der Waals surface area contributed by atoms with Crippen LogP contribution in [-0.4, -0.2) is 28.8 Å². The highest BCUT2D eigenvalue weighted by Gasteiger charge is 2.29. The number of rotatable bonds is 5. The topological polar surface area (TPSA) is 75.5 Å². The van der Waals surface area contributed by atoms with E-state index in [0.29, 0.717) is 5.69 Å². The van der Waals surface area contributed by atoms with Crippen molar-refractivity contribution < 1.29 is 9.72 Å². The third-order valence-corrected chi connectivity index (χ3v) is 5.73. The van der Waals surface area contributed by atoms with E-state index in [1.807, 2.05) is 18.4 Å². The summed E-state index contributed by atoms with van der Waals surface area (Å²) in [5.41, 5.74) is 1.90. The largest absolute Gasteiger partial charge is 0.319 e. The number of amides is 1. The molecule has 1 amide bonds. The average molecular weight is 359 g/mol. The van der Waals surface area contributed by atoms with Crippen molar-refractivity contribution in [1.82, 2.24) is 4.90 Å². The van der Waals surface area contributed by atoms with Crippen LogP contribution in [0.25, 0.3) is 0 Å². The predicted molar refractivity (Wildman–Crippen MR) is 99.1 cm³/mol. The van der Waals surface area contributed by atoms with E-state index in [9.17, 15) is 14.9 Å². The van der Waals surface area contributed by atoms with Gasteiger partial charge in [0.05, 0.1) is 11.5 Å². The zero-order chi connectivity index (χ0) is 18.0. The van der Waals surface area contributed by atoms with Crippen LogP contribution < -0.4 is 5.32 Å². The van der Waals surface area contributed by atoms with Gasteiger partial charge in [0.2, 0.25) is 5.91 Å². The number of likely N-dealkylation sites (tertiary alicyclic amines) is 1. The van der Waals surface area contributed by atoms with Crippen molar-refractivity contribution in [2.75, 3.05) is 18.4 Å². The Hall–Kier alpha value is -2.25. The Morgan fingerprint density at radius 1 is 1.40 bits per heavy atom. The van der Waals surface area contributed by atoms with Crippen LogP contribution in [-0.2, 0) is 4.79 Å². The summed E-state index contributed by atoms with van der Waals surface area (Å²) in [6.45, 7) is 4.78. The molecule has 2 aromatic rings. The van der Waals surface area contributed by atoms with Gasteiger partial charge in [0.25, 0.3) is 5.69 Å². The molecule has 0 saturated carbocycles. The molecule has 0 bridgehead atoms. The van der Waals surface area contributed by atoms with E-state index in [-0.39, 0.29) is 24.2 Å². The van der Waals surface area contributed by atoms with Gasteiger partial charge in [-0.3, -0.25) is 19.8 Å². The van der Waals surface area contributed by atoms with Gasteiger partial charge >= 0.3 is 0 Å². The number of aryl methyl sites for hydroxylation is 1. The van der Waals surface area contributed by atoms with Crippen molar-refractivity contribution >= 4 is 28.6 Å². The van der Waals surface area contributed by atoms with Crippen LogP contribution >= 0.6 is 11.3 Å². The van der Waals surface area contributed by atoms with Gasteiger partial charge in [-0.05, 0) is 55.8 Å². The molecule has 1 aromatic carbocycles. The molecule has 1 atom stereocenters. The Balaban J connectivity index is 1.75. The van der Waals surface area contributed by atoms with Crippen LogP contribution in [0.3, 0.4) is 0 Å². The predicted octanol–water partition coefficient (Wildman–Crippen LogP) is 4.05. The van der Waals surface area contributed by atoms with Gasteiger partial charge < -0.3 is 5.32 Å². The fourth-order valence-electron chi connectivity index (χ4n) is 3.29. The zero-order valence-electron chi connectivity index (χ0n) is 14.3. The van der Waals surface area contributed by atoms with Gasteiger partial charge in [-0.25, -0.2) is 0 Å². The molecule has 1 aromatic heterocycles. The number of hydrogen-bond acceptors (Lipinski definition) is 5. The molecule has 1 saturated heterocycles. The number of benzene rings is 1. The normalized spacial score (nSPS) is 17.6. The fraction of sp³-hybridized carbons (Fsp3) is 0.389. The summed E-state index contributed by atoms with van der Waals surface area (Å²) in [6.07, 6.45) is 2.09. The second-order valence-corrected chi connectivity index (χ2v) is 7.33. The van der Waals surface area contributed by atoms with Crippen molar-refractivity contribution in [3.63, 3.8) is 0 Å². The first-order chi connectivity index (χ1) is 12.0. The van der Waals surface area contributed by atoms with Gasteiger partial charge in [-0.2, -0.15) is 0 Å². The van der Waals surface area contributed by atoms with Crippen LogP contribution in [0.2, 0.25) is 0 Å². The van der Waals surface area contributed by atoms with Gasteiger partial charge in [-0.15, -0.1) is 11.3 Å². The molecule has 25 heavy (non-hydrogen) atoms. The molecule has 6 nitrogen and oxygen atoms in total. The van der Waals surface area contributed by atoms with Crippen LogP contribution in [0.1, 0.15) is 34.9 Å². The molecule has 132 valence electrons. The van der Waals surface area contributed by atoms with Crippen molar-refractivity contribution in [3.05, 3.63) is 55.8 Å². The second kappa shape index (κ2) is 7.33. The molecule has 0 spiro atoms. The van der Waals surface area contributed by atoms with Crippen LogP contribution in [0.15, 0.2) is 29.6 Å². The van der Waals surface area contributed by atoms with E-state index in [0.717, 1.165) is 30.5 Å². The highest BCUT2D eigenvalue weighted by atomic mass is 32.1. The Bertz CT molecular complexity index is 789. The highest BCUT2D eigenvalue weighted by Crippen LogP contribution is 2.34. The maximum absolute atomic E-state index is 12.5. The lowest BCUT2D eigenvalue weighted by Gasteiger charge is -2.23. The minimum absolute atomic E-state index is 0.0623. The summed E-state index contributed by atoms with van der Waals surface area (Å²) in [7, 11) is 0. The van der Waals surface area contributed by atoms with Crippen LogP contribution in [0.4, 0.5) is 11.4 Å². The van der Waals surface area contributed by atoms with Crippen molar-refractivity contribution in [1.29, 1.82) is 0 Å². The molecule has 3 rings (SSSR count). The summed E-state index contributed by atoms with van der Waals surface area (Å²) in [4.78, 5) is 26.8. The minimum atomic E-state index is -0.452. The van der Waals surface area contributed by atoms with E-state index < -0.39 is 4.92 Å². The maximum atomic E-state index is 12.5. The van der Waals surface area contributed by atoms with E-state index in [1.54, 1.807) is 24.3 Å². The first-order valence-corrected chi connectivity index (χ1v) is 9.17. The number of nitrogens with one attached hydrogen (secondary N) is 1. The van der Waals surface area contributed by atoms with Crippen molar-refractivity contribution in [2.45, 2.75) is 32.7 Å². The molecule has 1 aliphatic heterocycles. The highest BCUT2D eigenvalue weighted by molar-refractivity contribution is 7.10. The molecular formula is C18H21N3O3S. The summed E-state index contributed by atoms with van der Waals surface area (Å²) in [6, 6.07) is 7.54. The Kier molecular flexibility index (Phi) is 5.15. The molecule has 2 heterocycles. The number of carbonyl (C=O) groups excluding carboxylic acids is 1. The van der Waals surface area contributed by atoms with Gasteiger partial charge in [0, 0.05) is 17.0 Å². The molecule has 7 heteroatoms. The first-order valence-electron chi connectivity index (χ1n) is 8.29. The number of nitro groups is 1. The second-order valence-electron chi connectivity index (χ2n) is 6.35. The number of nitro benzene ring substituents is 1. The lowest BCUT2D eigenvalue weighted by molar-refractivity contribution is -0.384. The third-order valence-electron chi connectivity index (χ3n) is 4.76. The first kappa shape index (κ1) is 17.6. The van der Waals surface area contributed by atoms with Crippen molar-refractivity contribution in [3.8, 4) is 0 Å². The van der Waals surface area contributed by atoms with Gasteiger partial charge in [-0.1, -0.05) is 12.1 Å². The quantitative estimate of drug-likeness (QED) is 0.645. The number of hydrogen-bond donors (Lipinski definition) is 1. The monoisotopic (exact) mass is 359 g/mol. The lowest BCUT2D eigenvalue weighted by Crippen LogP contribution is -2.33. The van der Waals surface area contributed by atoms with E-state index in [4.69, 9.17) is 0 Å². The molecule has 1 fully saturated rings. The van der Waals surface area contributed by atoms with Crippen LogP contribution in [0.5, 0.6) is 0 Å². The number of nitrogens with zero attached hydrogens (tertiary/aromatic N) is 2. The SMILES string of the molecule is Cc1ccc([N+](=O)[O-])c(NC(=O)CN2CCC[C@H]2c2cccs2)c1C. The summed E-state index contributed by atoms with van der Waals surface area (Å²) in [5.74, 6) is -0.208. The summed E-state index contributed by atoms with van der Waals surface area (Å²) < 4.78 is 0. The Morgan fingerprint density at radius 2 is 2.20 bits per heavy atom. The zero-order valence-corrected chi connectivity index (χ0v) is 15.1. The standard InChI is InChI=1S/C18H21N3O3S/c1-12-7-8-15(21(23)24)18(13(12)2)19-17(22)11-20-9-3-5-14(20)16-6-4-10-25-16/h4,6-8,10,14H,3,5,9,11H2,1-2H3,(H,19,22)/t14-/m0/s1. The molecule has 1 N–H and O–H groups in total. The molecule has 0 aliphatic carbocycles. The minimum Gasteiger partial charge on any atom is -0.319 e. The molecule has 1 aliphatic rings. The van der Waals surface area contributed by atoms with Gasteiger partial charge in [0.15, 0.2) is 0 Å². The Morgan fingerprint density at radius 3 is 2.88 bits per heavy atom. The number of thiophene rings is 1. The van der Waals surface area contributed by atoms with E-state index in [1.165, 1.54) is 10.9 Å². The molecule has 0 unspecified atom stereocenters.